The van der Waals surface area contributed by atoms with Gasteiger partial charge in [-0.25, -0.2) is 4.39 Å². The standard InChI is InChI=1S/C20H29FN2O2/c21-18-5-3-17(4-6-18)13-23-11-12-24-16-20(15-23)8-7-19(25-20)14-22-9-1-2-10-22/h3-6,19H,1-2,7-16H2/t19-,20+/m0/s1. The van der Waals surface area contributed by atoms with E-state index in [1.54, 1.807) is 0 Å². The smallest absolute Gasteiger partial charge is 0.123 e. The quantitative estimate of drug-likeness (QED) is 0.835. The Bertz CT molecular complexity index is 561. The third-order valence-electron chi connectivity index (χ3n) is 5.75. The largest absolute Gasteiger partial charge is 0.377 e. The van der Waals surface area contributed by atoms with Crippen molar-refractivity contribution in [2.45, 2.75) is 43.9 Å². The van der Waals surface area contributed by atoms with Crippen LogP contribution in [0.2, 0.25) is 0 Å². The SMILES string of the molecule is Fc1ccc(CN2CCOC[C@@]3(CC[C@@H](CN4CCCC4)O3)C2)cc1. The lowest BCUT2D eigenvalue weighted by molar-refractivity contribution is -0.0913. The van der Waals surface area contributed by atoms with E-state index in [2.05, 4.69) is 9.80 Å². The Kier molecular flexibility index (Phi) is 5.36. The minimum Gasteiger partial charge on any atom is -0.377 e. The summed E-state index contributed by atoms with van der Waals surface area (Å²) in [5.41, 5.74) is 0.978. The molecule has 1 aromatic rings. The van der Waals surface area contributed by atoms with Crippen molar-refractivity contribution in [1.82, 2.24) is 9.80 Å². The fraction of sp³-hybridized carbons (Fsp3) is 0.700. The summed E-state index contributed by atoms with van der Waals surface area (Å²) in [6.07, 6.45) is 5.20. The summed E-state index contributed by atoms with van der Waals surface area (Å²) in [5.74, 6) is -0.177. The third-order valence-corrected chi connectivity index (χ3v) is 5.75. The summed E-state index contributed by atoms with van der Waals surface area (Å²) in [4.78, 5) is 4.94. The van der Waals surface area contributed by atoms with Crippen molar-refractivity contribution in [1.29, 1.82) is 0 Å². The van der Waals surface area contributed by atoms with Crippen LogP contribution in [0.1, 0.15) is 31.2 Å². The Balaban J connectivity index is 1.36. The van der Waals surface area contributed by atoms with Gasteiger partial charge in [-0.15, -0.1) is 0 Å². The molecule has 0 saturated carbocycles. The van der Waals surface area contributed by atoms with Crippen LogP contribution in [0.3, 0.4) is 0 Å². The fourth-order valence-corrected chi connectivity index (χ4v) is 4.47. The molecule has 0 aliphatic carbocycles. The van der Waals surface area contributed by atoms with E-state index in [4.69, 9.17) is 9.47 Å². The second-order valence-corrected chi connectivity index (χ2v) is 7.86. The topological polar surface area (TPSA) is 24.9 Å². The van der Waals surface area contributed by atoms with E-state index in [1.165, 1.54) is 38.1 Å². The predicted molar refractivity (Wildman–Crippen MR) is 95.0 cm³/mol. The van der Waals surface area contributed by atoms with Crippen LogP contribution in [0.15, 0.2) is 24.3 Å². The molecule has 1 spiro atoms. The molecule has 4 nitrogen and oxygen atoms in total. The first-order chi connectivity index (χ1) is 12.2. The van der Waals surface area contributed by atoms with Crippen LogP contribution < -0.4 is 0 Å². The maximum atomic E-state index is 13.1. The Morgan fingerprint density at radius 2 is 1.88 bits per heavy atom. The van der Waals surface area contributed by atoms with Crippen LogP contribution in [0.25, 0.3) is 0 Å². The van der Waals surface area contributed by atoms with Gasteiger partial charge in [-0.1, -0.05) is 12.1 Å². The number of halogens is 1. The summed E-state index contributed by atoms with van der Waals surface area (Å²) in [7, 11) is 0. The first-order valence-corrected chi connectivity index (χ1v) is 9.66. The predicted octanol–water partition coefficient (Wildman–Crippen LogP) is 2.67. The van der Waals surface area contributed by atoms with Crippen LogP contribution in [0.4, 0.5) is 4.39 Å². The lowest BCUT2D eigenvalue weighted by Gasteiger charge is -2.32. The normalized spacial score (nSPS) is 31.6. The Labute approximate surface area is 149 Å². The molecular formula is C20H29FN2O2. The van der Waals surface area contributed by atoms with E-state index in [9.17, 15) is 4.39 Å². The zero-order valence-corrected chi connectivity index (χ0v) is 15.0. The van der Waals surface area contributed by atoms with Gasteiger partial charge in [0.05, 0.1) is 19.3 Å². The highest BCUT2D eigenvalue weighted by Gasteiger charge is 2.43. The summed E-state index contributed by atoms with van der Waals surface area (Å²) in [6, 6.07) is 6.83. The Hall–Kier alpha value is -1.01. The lowest BCUT2D eigenvalue weighted by Crippen LogP contribution is -2.45. The van der Waals surface area contributed by atoms with Gasteiger partial charge < -0.3 is 14.4 Å². The van der Waals surface area contributed by atoms with E-state index in [1.807, 2.05) is 12.1 Å². The molecule has 138 valence electrons. The van der Waals surface area contributed by atoms with E-state index in [-0.39, 0.29) is 11.4 Å². The summed E-state index contributed by atoms with van der Waals surface area (Å²) >= 11 is 0. The average molecular weight is 348 g/mol. The summed E-state index contributed by atoms with van der Waals surface area (Å²) < 4.78 is 25.6. The minimum atomic E-state index is -0.177. The maximum absolute atomic E-state index is 13.1. The second kappa shape index (κ2) is 7.70. The number of nitrogens with zero attached hydrogens (tertiary/aromatic N) is 2. The molecule has 3 saturated heterocycles. The Morgan fingerprint density at radius 1 is 1.08 bits per heavy atom. The van der Waals surface area contributed by atoms with Gasteiger partial charge in [-0.2, -0.15) is 0 Å². The Morgan fingerprint density at radius 3 is 2.68 bits per heavy atom. The minimum absolute atomic E-state index is 0.166. The molecule has 0 aromatic heterocycles. The first-order valence-electron chi connectivity index (χ1n) is 9.66. The van der Waals surface area contributed by atoms with Crippen molar-refractivity contribution >= 4 is 0 Å². The molecule has 5 heteroatoms. The van der Waals surface area contributed by atoms with E-state index >= 15 is 0 Å². The molecule has 4 rings (SSSR count). The van der Waals surface area contributed by atoms with Crippen LogP contribution in [0, 0.1) is 5.82 Å². The molecule has 1 aromatic carbocycles. The third kappa shape index (κ3) is 4.40. The van der Waals surface area contributed by atoms with Gasteiger partial charge in [0.2, 0.25) is 0 Å². The number of hydrogen-bond acceptors (Lipinski definition) is 4. The highest BCUT2D eigenvalue weighted by atomic mass is 19.1. The van der Waals surface area contributed by atoms with Crippen molar-refractivity contribution in [3.05, 3.63) is 35.6 Å². The van der Waals surface area contributed by atoms with E-state index in [0.717, 1.165) is 51.2 Å². The average Bonchev–Trinajstić information content (AvgIpc) is 3.20. The molecule has 3 heterocycles. The van der Waals surface area contributed by atoms with E-state index in [0.29, 0.717) is 12.7 Å². The monoisotopic (exact) mass is 348 g/mol. The highest BCUT2D eigenvalue weighted by Crippen LogP contribution is 2.34. The molecule has 25 heavy (non-hydrogen) atoms. The number of hydrogen-bond donors (Lipinski definition) is 0. The van der Waals surface area contributed by atoms with Gasteiger partial charge in [0.15, 0.2) is 0 Å². The molecule has 0 radical (unpaired) electrons. The number of rotatable bonds is 4. The maximum Gasteiger partial charge on any atom is 0.123 e. The number of likely N-dealkylation sites (tertiary alicyclic amines) is 1. The lowest BCUT2D eigenvalue weighted by atomic mass is 9.99. The molecule has 3 aliphatic heterocycles. The van der Waals surface area contributed by atoms with Crippen molar-refractivity contribution < 1.29 is 13.9 Å². The number of ether oxygens (including phenoxy) is 2. The molecule has 3 aliphatic rings. The fourth-order valence-electron chi connectivity index (χ4n) is 4.47. The molecule has 0 bridgehead atoms. The first kappa shape index (κ1) is 17.4. The summed E-state index contributed by atoms with van der Waals surface area (Å²) in [6.45, 7) is 7.58. The van der Waals surface area contributed by atoms with Crippen LogP contribution in [-0.4, -0.2) is 67.4 Å². The number of benzene rings is 1. The molecule has 0 amide bonds. The van der Waals surface area contributed by atoms with Crippen molar-refractivity contribution in [3.63, 3.8) is 0 Å². The molecule has 3 fully saturated rings. The molecule has 2 atom stereocenters. The van der Waals surface area contributed by atoms with Crippen molar-refractivity contribution in [3.8, 4) is 0 Å². The van der Waals surface area contributed by atoms with Gasteiger partial charge >= 0.3 is 0 Å². The van der Waals surface area contributed by atoms with Crippen molar-refractivity contribution in [2.24, 2.45) is 0 Å². The van der Waals surface area contributed by atoms with E-state index < -0.39 is 0 Å². The molecule has 0 unspecified atom stereocenters. The zero-order chi connectivity index (χ0) is 17.1. The van der Waals surface area contributed by atoms with Gasteiger partial charge in [-0.05, 0) is 56.5 Å². The van der Waals surface area contributed by atoms with Crippen molar-refractivity contribution in [2.75, 3.05) is 45.9 Å². The van der Waals surface area contributed by atoms with Gasteiger partial charge in [0.1, 0.15) is 11.4 Å². The van der Waals surface area contributed by atoms with Gasteiger partial charge in [-0.3, -0.25) is 4.90 Å². The van der Waals surface area contributed by atoms with Crippen LogP contribution >= 0.6 is 0 Å². The second-order valence-electron chi connectivity index (χ2n) is 7.86. The van der Waals surface area contributed by atoms with Crippen LogP contribution in [-0.2, 0) is 16.0 Å². The highest BCUT2D eigenvalue weighted by molar-refractivity contribution is 5.16. The van der Waals surface area contributed by atoms with Gasteiger partial charge in [0.25, 0.3) is 0 Å². The molecule has 0 N–H and O–H groups in total. The zero-order valence-electron chi connectivity index (χ0n) is 15.0. The van der Waals surface area contributed by atoms with Crippen LogP contribution in [0.5, 0.6) is 0 Å². The summed E-state index contributed by atoms with van der Waals surface area (Å²) in [5, 5.41) is 0. The molecular weight excluding hydrogens is 319 g/mol. The van der Waals surface area contributed by atoms with Gasteiger partial charge in [0, 0.05) is 26.2 Å².